The Hall–Kier alpha value is -6.39. The average Bonchev–Trinajstić information content (AvgIpc) is 3.82. The fourth-order valence-electron chi connectivity index (χ4n) is 7.04. The third-order valence-electron chi connectivity index (χ3n) is 9.23. The molecule has 0 saturated carbocycles. The van der Waals surface area contributed by atoms with Crippen molar-refractivity contribution in [3.8, 4) is 45.2 Å². The van der Waals surface area contributed by atoms with Crippen molar-refractivity contribution in [2.75, 3.05) is 4.90 Å². The van der Waals surface area contributed by atoms with E-state index in [0.29, 0.717) is 5.89 Å². The highest BCUT2D eigenvalue weighted by Crippen LogP contribution is 2.48. The van der Waals surface area contributed by atoms with Crippen molar-refractivity contribution in [2.45, 2.75) is 0 Å². The highest BCUT2D eigenvalue weighted by molar-refractivity contribution is 6.13. The predicted octanol–water partition coefficient (Wildman–Crippen LogP) is 12.2. The van der Waals surface area contributed by atoms with Gasteiger partial charge in [-0.1, -0.05) is 97.1 Å². The number of fused-ring (bicyclic) bond motifs is 6. The van der Waals surface area contributed by atoms with E-state index < -0.39 is 0 Å². The molecule has 2 aromatic heterocycles. The number of anilines is 3. The van der Waals surface area contributed by atoms with Crippen LogP contribution >= 0.6 is 0 Å². The third-order valence-corrected chi connectivity index (χ3v) is 9.23. The van der Waals surface area contributed by atoms with Crippen LogP contribution in [0, 0.1) is 0 Å². The second-order valence-electron chi connectivity index (χ2n) is 12.0. The van der Waals surface area contributed by atoms with Gasteiger partial charge in [0, 0.05) is 49.9 Å². The number of rotatable bonds is 5. The zero-order valence-electron chi connectivity index (χ0n) is 25.2. The molecule has 47 heavy (non-hydrogen) atoms. The molecule has 0 spiro atoms. The van der Waals surface area contributed by atoms with E-state index in [9.17, 15) is 0 Å². The molecule has 220 valence electrons. The minimum Gasteiger partial charge on any atom is -0.456 e. The van der Waals surface area contributed by atoms with Gasteiger partial charge in [-0.3, -0.25) is 0 Å². The van der Waals surface area contributed by atoms with Crippen LogP contribution in [0.4, 0.5) is 17.1 Å². The molecule has 4 nitrogen and oxygen atoms in total. The second-order valence-corrected chi connectivity index (χ2v) is 12.0. The lowest BCUT2D eigenvalue weighted by atomic mass is 10.0. The summed E-state index contributed by atoms with van der Waals surface area (Å²) in [6.07, 6.45) is 0. The maximum absolute atomic E-state index is 6.46. The van der Waals surface area contributed by atoms with Crippen molar-refractivity contribution in [3.63, 3.8) is 0 Å². The van der Waals surface area contributed by atoms with Crippen LogP contribution in [0.2, 0.25) is 0 Å². The van der Waals surface area contributed by atoms with E-state index in [2.05, 4.69) is 144 Å². The van der Waals surface area contributed by atoms with Crippen molar-refractivity contribution in [2.24, 2.45) is 0 Å². The summed E-state index contributed by atoms with van der Waals surface area (Å²) in [4.78, 5) is 7.30. The number of nitrogens with zero attached hydrogens (tertiary/aromatic N) is 2. The zero-order chi connectivity index (χ0) is 30.9. The van der Waals surface area contributed by atoms with Gasteiger partial charge in [-0.2, -0.15) is 0 Å². The largest absolute Gasteiger partial charge is 0.456 e. The Balaban J connectivity index is 1.09. The van der Waals surface area contributed by atoms with Crippen molar-refractivity contribution >= 4 is 49.8 Å². The molecule has 0 N–H and O–H groups in total. The molecule has 0 radical (unpaired) electrons. The number of benzene rings is 7. The van der Waals surface area contributed by atoms with E-state index in [-0.39, 0.29) is 0 Å². The molecule has 10 rings (SSSR count). The molecule has 0 amide bonds. The van der Waals surface area contributed by atoms with Crippen molar-refractivity contribution < 1.29 is 8.83 Å². The van der Waals surface area contributed by atoms with Gasteiger partial charge >= 0.3 is 0 Å². The number of aromatic nitrogens is 1. The maximum Gasteiger partial charge on any atom is 0.227 e. The van der Waals surface area contributed by atoms with Crippen LogP contribution in [0.15, 0.2) is 167 Å². The molecule has 1 aliphatic rings. The fraction of sp³-hybridized carbons (Fsp3) is 0. The van der Waals surface area contributed by atoms with Gasteiger partial charge in [0.25, 0.3) is 0 Å². The molecule has 1 aliphatic carbocycles. The van der Waals surface area contributed by atoms with Crippen LogP contribution in [0.5, 0.6) is 0 Å². The van der Waals surface area contributed by atoms with Gasteiger partial charge in [-0.25, -0.2) is 4.98 Å². The average molecular weight is 603 g/mol. The lowest BCUT2D eigenvalue weighted by molar-refractivity contribution is 0.590. The molecule has 0 fully saturated rings. The molecule has 2 heterocycles. The van der Waals surface area contributed by atoms with E-state index in [1.807, 2.05) is 18.2 Å². The number of furan rings is 1. The molecule has 0 unspecified atom stereocenters. The van der Waals surface area contributed by atoms with Gasteiger partial charge in [0.05, 0.1) is 0 Å². The number of hydrogen-bond acceptors (Lipinski definition) is 4. The lowest BCUT2D eigenvalue weighted by Gasteiger charge is -2.26. The van der Waals surface area contributed by atoms with Gasteiger partial charge < -0.3 is 13.7 Å². The highest BCUT2D eigenvalue weighted by Gasteiger charge is 2.28. The summed E-state index contributed by atoms with van der Waals surface area (Å²) in [7, 11) is 0. The first-order valence-corrected chi connectivity index (χ1v) is 15.8. The molecule has 0 aliphatic heterocycles. The van der Waals surface area contributed by atoms with Crippen LogP contribution < -0.4 is 4.90 Å². The van der Waals surface area contributed by atoms with Crippen LogP contribution in [0.25, 0.3) is 77.9 Å². The monoisotopic (exact) mass is 602 g/mol. The number of para-hydroxylation sites is 1. The molecule has 9 aromatic rings. The minimum atomic E-state index is 0.622. The molecule has 0 saturated heterocycles. The summed E-state index contributed by atoms with van der Waals surface area (Å²) in [5.41, 5.74) is 11.3. The standard InChI is InChI=1S/C43H26N2O2/c1-2-9-27(10-3-1)30-13-6-14-32(25-30)45(33-23-24-39-37(26-33)34-15-4-5-18-38(34)46-39)31-21-19-29(20-22-31)43-44-41-35-16-7-11-28-12-8-17-36(40(28)35)42(41)47-43/h1-26H. The van der Waals surface area contributed by atoms with Gasteiger partial charge in [-0.15, -0.1) is 0 Å². The van der Waals surface area contributed by atoms with Crippen molar-refractivity contribution in [3.05, 3.63) is 158 Å². The lowest BCUT2D eigenvalue weighted by Crippen LogP contribution is -2.10. The zero-order valence-corrected chi connectivity index (χ0v) is 25.2. The normalized spacial score (nSPS) is 11.8. The minimum absolute atomic E-state index is 0.622. The highest BCUT2D eigenvalue weighted by atomic mass is 16.4. The Kier molecular flexibility index (Phi) is 5.54. The molecular formula is C43H26N2O2. The van der Waals surface area contributed by atoms with Crippen molar-refractivity contribution in [1.82, 2.24) is 4.98 Å². The Labute approximate surface area is 270 Å². The van der Waals surface area contributed by atoms with E-state index in [0.717, 1.165) is 72.7 Å². The Morgan fingerprint density at radius 2 is 1.15 bits per heavy atom. The summed E-state index contributed by atoms with van der Waals surface area (Å²) >= 11 is 0. The predicted molar refractivity (Wildman–Crippen MR) is 191 cm³/mol. The Morgan fingerprint density at radius 3 is 2.02 bits per heavy atom. The molecular weight excluding hydrogens is 576 g/mol. The van der Waals surface area contributed by atoms with Crippen molar-refractivity contribution in [1.29, 1.82) is 0 Å². The summed E-state index contributed by atoms with van der Waals surface area (Å²) in [6.45, 7) is 0. The van der Waals surface area contributed by atoms with E-state index in [1.54, 1.807) is 0 Å². The molecule has 4 heteroatoms. The fourth-order valence-corrected chi connectivity index (χ4v) is 7.04. The van der Waals surface area contributed by atoms with Crippen LogP contribution in [-0.4, -0.2) is 4.98 Å². The summed E-state index contributed by atoms with van der Waals surface area (Å²) < 4.78 is 12.6. The number of hydrogen-bond donors (Lipinski definition) is 0. The SMILES string of the molecule is c1ccc(-c2cccc(N(c3ccc(-c4nc5c(o4)-c4cccc6cccc-5c46)cc3)c3ccc4oc5ccccc5c4c3)c2)cc1. The van der Waals surface area contributed by atoms with Gasteiger partial charge in [0.2, 0.25) is 5.89 Å². The van der Waals surface area contributed by atoms with Gasteiger partial charge in [0.1, 0.15) is 16.9 Å². The van der Waals surface area contributed by atoms with Gasteiger partial charge in [-0.05, 0) is 77.2 Å². The first kappa shape index (κ1) is 25.9. The summed E-state index contributed by atoms with van der Waals surface area (Å²) in [6, 6.07) is 55.0. The molecule has 0 atom stereocenters. The first-order valence-electron chi connectivity index (χ1n) is 15.8. The first-order chi connectivity index (χ1) is 23.3. The van der Waals surface area contributed by atoms with E-state index in [4.69, 9.17) is 13.8 Å². The smallest absolute Gasteiger partial charge is 0.227 e. The Bertz CT molecular complexity index is 2570. The van der Waals surface area contributed by atoms with Crippen LogP contribution in [0.3, 0.4) is 0 Å². The maximum atomic E-state index is 6.46. The number of oxazole rings is 1. The topological polar surface area (TPSA) is 42.4 Å². The molecule has 0 bridgehead atoms. The third kappa shape index (κ3) is 4.05. The summed E-state index contributed by atoms with van der Waals surface area (Å²) in [5.74, 6) is 1.47. The van der Waals surface area contributed by atoms with E-state index in [1.165, 1.54) is 16.3 Å². The summed E-state index contributed by atoms with van der Waals surface area (Å²) in [5, 5.41) is 4.61. The second kappa shape index (κ2) is 10.1. The van der Waals surface area contributed by atoms with Crippen LogP contribution in [-0.2, 0) is 0 Å². The quantitative estimate of drug-likeness (QED) is 0.197. The van der Waals surface area contributed by atoms with Gasteiger partial charge in [0.15, 0.2) is 5.76 Å². The van der Waals surface area contributed by atoms with E-state index >= 15 is 0 Å². The Morgan fingerprint density at radius 1 is 0.447 bits per heavy atom. The van der Waals surface area contributed by atoms with Crippen LogP contribution in [0.1, 0.15) is 0 Å². The molecule has 7 aromatic carbocycles.